The third kappa shape index (κ3) is 3.08. The van der Waals surface area contributed by atoms with Crippen molar-refractivity contribution in [3.63, 3.8) is 0 Å². The summed E-state index contributed by atoms with van der Waals surface area (Å²) in [5.74, 6) is 1.10. The molecule has 1 heterocycles. The Balaban J connectivity index is 1.92. The van der Waals surface area contributed by atoms with E-state index in [1.54, 1.807) is 50.6 Å². The Hall–Kier alpha value is -3.09. The zero-order chi connectivity index (χ0) is 16.2. The molecule has 0 fully saturated rings. The molecule has 0 bridgehead atoms. The molecule has 0 saturated carbocycles. The zero-order valence-electron chi connectivity index (χ0n) is 12.5. The molecule has 1 N–H and O–H groups in total. The van der Waals surface area contributed by atoms with Gasteiger partial charge in [0.25, 0.3) is 0 Å². The third-order valence-corrected chi connectivity index (χ3v) is 3.19. The summed E-state index contributed by atoms with van der Waals surface area (Å²) < 4.78 is 29.2. The molecule has 0 aliphatic rings. The molecule has 0 aliphatic heterocycles. The average molecular weight is 315 g/mol. The molecule has 0 amide bonds. The van der Waals surface area contributed by atoms with Gasteiger partial charge < -0.3 is 19.3 Å². The van der Waals surface area contributed by atoms with Crippen molar-refractivity contribution >= 4 is 11.7 Å². The van der Waals surface area contributed by atoms with Gasteiger partial charge in [0, 0.05) is 0 Å². The summed E-state index contributed by atoms with van der Waals surface area (Å²) in [5, 5.41) is 6.63. The second kappa shape index (κ2) is 6.35. The first-order valence-electron chi connectivity index (χ1n) is 6.79. The van der Waals surface area contributed by atoms with E-state index in [1.807, 2.05) is 0 Å². The fraction of sp³-hybridized carbons (Fsp3) is 0.125. The predicted octanol–water partition coefficient (Wildman–Crippen LogP) is 3.64. The van der Waals surface area contributed by atoms with Gasteiger partial charge in [-0.25, -0.2) is 4.39 Å². The van der Waals surface area contributed by atoms with E-state index in [0.29, 0.717) is 22.9 Å². The van der Waals surface area contributed by atoms with E-state index in [-0.39, 0.29) is 11.7 Å². The number of hydrogen-bond acceptors (Lipinski definition) is 6. The zero-order valence-corrected chi connectivity index (χ0v) is 12.5. The molecule has 0 atom stereocenters. The maximum atomic E-state index is 13.6. The van der Waals surface area contributed by atoms with Crippen LogP contribution in [-0.2, 0) is 0 Å². The number of hydrogen-bond donors (Lipinski definition) is 1. The van der Waals surface area contributed by atoms with Crippen molar-refractivity contribution in [1.82, 2.24) is 10.1 Å². The quantitative estimate of drug-likeness (QED) is 0.775. The molecule has 0 spiro atoms. The number of rotatable bonds is 5. The second-order valence-electron chi connectivity index (χ2n) is 4.59. The highest BCUT2D eigenvalue weighted by molar-refractivity contribution is 5.67. The minimum absolute atomic E-state index is 0.0787. The van der Waals surface area contributed by atoms with Crippen LogP contribution in [0.3, 0.4) is 0 Å². The van der Waals surface area contributed by atoms with Crippen molar-refractivity contribution in [2.45, 2.75) is 0 Å². The molecule has 3 rings (SSSR count). The summed E-state index contributed by atoms with van der Waals surface area (Å²) >= 11 is 0. The summed E-state index contributed by atoms with van der Waals surface area (Å²) in [5.41, 5.74) is 0.859. The van der Waals surface area contributed by atoms with E-state index in [0.717, 1.165) is 0 Å². The van der Waals surface area contributed by atoms with Crippen LogP contribution in [0, 0.1) is 5.82 Å². The van der Waals surface area contributed by atoms with Crippen LogP contribution in [0.25, 0.3) is 11.4 Å². The van der Waals surface area contributed by atoms with Crippen molar-refractivity contribution < 1.29 is 18.4 Å². The normalized spacial score (nSPS) is 10.4. The first-order chi connectivity index (χ1) is 11.2. The van der Waals surface area contributed by atoms with Crippen molar-refractivity contribution in [3.05, 3.63) is 48.3 Å². The molecule has 1 aromatic heterocycles. The molecule has 23 heavy (non-hydrogen) atoms. The van der Waals surface area contributed by atoms with Gasteiger partial charge in [-0.2, -0.15) is 4.98 Å². The number of ether oxygens (including phenoxy) is 2. The van der Waals surface area contributed by atoms with Gasteiger partial charge in [0.2, 0.25) is 5.82 Å². The van der Waals surface area contributed by atoms with Gasteiger partial charge in [-0.3, -0.25) is 0 Å². The minimum atomic E-state index is -0.411. The molecule has 3 aromatic rings. The van der Waals surface area contributed by atoms with Gasteiger partial charge in [-0.05, 0) is 30.3 Å². The smallest absolute Gasteiger partial charge is 0.326 e. The third-order valence-electron chi connectivity index (χ3n) is 3.19. The Morgan fingerprint density at radius 3 is 2.65 bits per heavy atom. The Bertz CT molecular complexity index is 820. The van der Waals surface area contributed by atoms with Crippen LogP contribution < -0.4 is 14.8 Å². The maximum Gasteiger partial charge on any atom is 0.326 e. The van der Waals surface area contributed by atoms with E-state index < -0.39 is 5.82 Å². The molecule has 7 heteroatoms. The predicted molar refractivity (Wildman–Crippen MR) is 82.5 cm³/mol. The first kappa shape index (κ1) is 14.8. The van der Waals surface area contributed by atoms with Gasteiger partial charge in [0.1, 0.15) is 17.3 Å². The largest absolute Gasteiger partial charge is 0.497 e. The summed E-state index contributed by atoms with van der Waals surface area (Å²) in [6, 6.07) is 11.5. The first-order valence-corrected chi connectivity index (χ1v) is 6.79. The number of para-hydroxylation sites is 1. The van der Waals surface area contributed by atoms with E-state index in [2.05, 4.69) is 15.5 Å². The molecule has 0 radical (unpaired) electrons. The van der Waals surface area contributed by atoms with Crippen LogP contribution in [-0.4, -0.2) is 24.4 Å². The lowest BCUT2D eigenvalue weighted by molar-refractivity contribution is 0.403. The highest BCUT2D eigenvalue weighted by Crippen LogP contribution is 2.32. The van der Waals surface area contributed by atoms with Crippen molar-refractivity contribution in [1.29, 1.82) is 0 Å². The van der Waals surface area contributed by atoms with E-state index in [1.165, 1.54) is 6.07 Å². The van der Waals surface area contributed by atoms with Crippen LogP contribution in [0.1, 0.15) is 0 Å². The lowest BCUT2D eigenvalue weighted by atomic mass is 10.2. The molecule has 6 nitrogen and oxygen atoms in total. The standard InChI is InChI=1S/C16H14FN3O3/c1-21-10-7-8-14(22-2)11(9-10)15-19-16(23-20-15)18-13-6-4-3-5-12(13)17/h3-9H,1-2H3,(H,18,19,20). The Kier molecular flexibility index (Phi) is 4.09. The number of nitrogens with one attached hydrogen (secondary N) is 1. The van der Waals surface area contributed by atoms with Crippen molar-refractivity contribution in [3.8, 4) is 22.9 Å². The van der Waals surface area contributed by atoms with E-state index in [4.69, 9.17) is 14.0 Å². The van der Waals surface area contributed by atoms with Crippen LogP contribution in [0.4, 0.5) is 16.1 Å². The number of aromatic nitrogens is 2. The van der Waals surface area contributed by atoms with E-state index in [9.17, 15) is 4.39 Å². The maximum absolute atomic E-state index is 13.6. The number of benzene rings is 2. The molecule has 0 unspecified atom stereocenters. The second-order valence-corrected chi connectivity index (χ2v) is 4.59. The fourth-order valence-electron chi connectivity index (χ4n) is 2.05. The van der Waals surface area contributed by atoms with Crippen LogP contribution in [0.2, 0.25) is 0 Å². The fourth-order valence-corrected chi connectivity index (χ4v) is 2.05. The SMILES string of the molecule is COc1ccc(OC)c(-c2noc(Nc3ccccc3F)n2)c1. The van der Waals surface area contributed by atoms with Crippen LogP contribution >= 0.6 is 0 Å². The number of nitrogens with zero attached hydrogens (tertiary/aromatic N) is 2. The summed E-state index contributed by atoms with van der Waals surface area (Å²) in [6.07, 6.45) is 0. The number of methoxy groups -OCH3 is 2. The molecule has 118 valence electrons. The van der Waals surface area contributed by atoms with Gasteiger partial charge in [-0.15, -0.1) is 0 Å². The average Bonchev–Trinajstić information content (AvgIpc) is 3.05. The summed E-state index contributed by atoms with van der Waals surface area (Å²) in [4.78, 5) is 4.21. The lowest BCUT2D eigenvalue weighted by Crippen LogP contribution is -1.94. The minimum Gasteiger partial charge on any atom is -0.497 e. The van der Waals surface area contributed by atoms with Crippen molar-refractivity contribution in [2.24, 2.45) is 0 Å². The van der Waals surface area contributed by atoms with Crippen molar-refractivity contribution in [2.75, 3.05) is 19.5 Å². The molecule has 0 aliphatic carbocycles. The molecular formula is C16H14FN3O3. The van der Waals surface area contributed by atoms with Crippen LogP contribution in [0.15, 0.2) is 47.0 Å². The lowest BCUT2D eigenvalue weighted by Gasteiger charge is -2.07. The Labute approximate surface area is 131 Å². The molecule has 2 aromatic carbocycles. The monoisotopic (exact) mass is 315 g/mol. The highest BCUT2D eigenvalue weighted by atomic mass is 19.1. The van der Waals surface area contributed by atoms with Gasteiger partial charge in [-0.1, -0.05) is 17.3 Å². The highest BCUT2D eigenvalue weighted by Gasteiger charge is 2.15. The van der Waals surface area contributed by atoms with Gasteiger partial charge in [0.15, 0.2) is 0 Å². The van der Waals surface area contributed by atoms with E-state index >= 15 is 0 Å². The van der Waals surface area contributed by atoms with Gasteiger partial charge >= 0.3 is 6.01 Å². The topological polar surface area (TPSA) is 69.4 Å². The molecular weight excluding hydrogens is 301 g/mol. The number of halogens is 1. The van der Waals surface area contributed by atoms with Crippen LogP contribution in [0.5, 0.6) is 11.5 Å². The van der Waals surface area contributed by atoms with Gasteiger partial charge in [0.05, 0.1) is 25.5 Å². The Morgan fingerprint density at radius 1 is 1.09 bits per heavy atom. The Morgan fingerprint density at radius 2 is 1.91 bits per heavy atom. The summed E-state index contributed by atoms with van der Waals surface area (Å²) in [6.45, 7) is 0. The number of anilines is 2. The summed E-state index contributed by atoms with van der Waals surface area (Å²) in [7, 11) is 3.11. The molecule has 0 saturated heterocycles.